The van der Waals surface area contributed by atoms with Crippen molar-refractivity contribution in [3.8, 4) is 5.75 Å². The van der Waals surface area contributed by atoms with Crippen LogP contribution in [-0.2, 0) is 16.1 Å². The first-order valence-electron chi connectivity index (χ1n) is 13.8. The highest BCUT2D eigenvalue weighted by atomic mass is 16.6. The Hall–Kier alpha value is -5.57. The molecule has 0 saturated carbocycles. The fourth-order valence-electron chi connectivity index (χ4n) is 5.24. The maximum atomic E-state index is 13.4. The maximum absolute atomic E-state index is 13.4. The second-order valence-corrected chi connectivity index (χ2v) is 10.2. The second-order valence-electron chi connectivity index (χ2n) is 10.2. The van der Waals surface area contributed by atoms with Gasteiger partial charge in [0.15, 0.2) is 6.10 Å². The van der Waals surface area contributed by atoms with Crippen molar-refractivity contribution in [2.24, 2.45) is 5.16 Å². The molecular formula is C34H27N3O6. The highest BCUT2D eigenvalue weighted by molar-refractivity contribution is 6.21. The standard InChI is InChI=1S/C34H27N3O6/c1-21(38)42-31-24(18-19-37-33(40)26-11-5-6-12-27(26)34(37)41)10-7-13-28(31)32(39)35-25-16-14-22(15-17-25)29-20-30(43-36-29)23-8-3-2-4-9-23/h2-17,30H,18-20H2,1H3,(H,35,39). The first-order valence-corrected chi connectivity index (χ1v) is 13.8. The molecule has 0 aliphatic carbocycles. The van der Waals surface area contributed by atoms with E-state index in [1.807, 2.05) is 42.5 Å². The molecule has 1 N–H and O–H groups in total. The summed E-state index contributed by atoms with van der Waals surface area (Å²) in [4.78, 5) is 57.7. The molecule has 3 amide bonds. The van der Waals surface area contributed by atoms with E-state index in [2.05, 4.69) is 10.5 Å². The normalized spacial score (nSPS) is 15.5. The van der Waals surface area contributed by atoms with Crippen LogP contribution in [0.1, 0.15) is 67.2 Å². The van der Waals surface area contributed by atoms with Crippen molar-refractivity contribution in [3.63, 3.8) is 0 Å². The summed E-state index contributed by atoms with van der Waals surface area (Å²) in [5.41, 5.74) is 4.67. The van der Waals surface area contributed by atoms with Gasteiger partial charge in [-0.25, -0.2) is 0 Å². The number of hydrogen-bond acceptors (Lipinski definition) is 7. The summed E-state index contributed by atoms with van der Waals surface area (Å²) in [5, 5.41) is 7.11. The Kier molecular flexibility index (Phi) is 7.53. The van der Waals surface area contributed by atoms with Crippen LogP contribution in [0.25, 0.3) is 0 Å². The van der Waals surface area contributed by atoms with Gasteiger partial charge in [0.25, 0.3) is 17.7 Å². The average molecular weight is 574 g/mol. The quantitative estimate of drug-likeness (QED) is 0.168. The number of carbonyl (C=O) groups is 4. The number of oxime groups is 1. The van der Waals surface area contributed by atoms with E-state index in [9.17, 15) is 19.2 Å². The third kappa shape index (κ3) is 5.65. The van der Waals surface area contributed by atoms with Gasteiger partial charge in [0.1, 0.15) is 5.75 Å². The molecule has 0 spiro atoms. The van der Waals surface area contributed by atoms with Gasteiger partial charge in [-0.1, -0.05) is 71.9 Å². The predicted octanol–water partition coefficient (Wildman–Crippen LogP) is 5.57. The number of rotatable bonds is 8. The number of anilines is 1. The topological polar surface area (TPSA) is 114 Å². The van der Waals surface area contributed by atoms with E-state index in [0.717, 1.165) is 21.7 Å². The van der Waals surface area contributed by atoms with Crippen molar-refractivity contribution in [3.05, 3.63) is 130 Å². The lowest BCUT2D eigenvalue weighted by Crippen LogP contribution is -2.32. The van der Waals surface area contributed by atoms with Crippen molar-refractivity contribution < 1.29 is 28.8 Å². The fourth-order valence-corrected chi connectivity index (χ4v) is 5.24. The molecule has 0 saturated heterocycles. The Balaban J connectivity index is 1.15. The van der Waals surface area contributed by atoms with Gasteiger partial charge in [0, 0.05) is 25.6 Å². The number of nitrogens with one attached hydrogen (secondary N) is 1. The van der Waals surface area contributed by atoms with E-state index >= 15 is 0 Å². The lowest BCUT2D eigenvalue weighted by molar-refractivity contribution is -0.131. The first kappa shape index (κ1) is 27.6. The number of para-hydroxylation sites is 1. The number of hydrogen-bond donors (Lipinski definition) is 1. The number of imide groups is 1. The Labute approximate surface area is 247 Å². The van der Waals surface area contributed by atoms with E-state index in [1.165, 1.54) is 6.92 Å². The molecule has 43 heavy (non-hydrogen) atoms. The molecule has 2 aliphatic rings. The van der Waals surface area contributed by atoms with Gasteiger partial charge in [-0.3, -0.25) is 24.1 Å². The van der Waals surface area contributed by atoms with Crippen LogP contribution in [0.15, 0.2) is 102 Å². The highest BCUT2D eigenvalue weighted by Gasteiger charge is 2.35. The lowest BCUT2D eigenvalue weighted by Gasteiger charge is -2.17. The molecule has 6 rings (SSSR count). The van der Waals surface area contributed by atoms with Crippen LogP contribution in [0.2, 0.25) is 0 Å². The minimum Gasteiger partial charge on any atom is -0.426 e. The summed E-state index contributed by atoms with van der Waals surface area (Å²) in [7, 11) is 0. The van der Waals surface area contributed by atoms with Crippen LogP contribution in [0.3, 0.4) is 0 Å². The van der Waals surface area contributed by atoms with E-state index in [0.29, 0.717) is 28.8 Å². The summed E-state index contributed by atoms with van der Waals surface area (Å²) in [6, 6.07) is 28.7. The Morgan fingerprint density at radius 1 is 0.884 bits per heavy atom. The van der Waals surface area contributed by atoms with Gasteiger partial charge in [-0.15, -0.1) is 0 Å². The van der Waals surface area contributed by atoms with Gasteiger partial charge in [-0.2, -0.15) is 0 Å². The summed E-state index contributed by atoms with van der Waals surface area (Å²) < 4.78 is 5.48. The molecule has 2 aliphatic heterocycles. The van der Waals surface area contributed by atoms with Crippen LogP contribution in [-0.4, -0.2) is 40.8 Å². The molecule has 2 heterocycles. The van der Waals surface area contributed by atoms with Crippen molar-refractivity contribution in [2.45, 2.75) is 25.9 Å². The van der Waals surface area contributed by atoms with Gasteiger partial charge in [0.2, 0.25) is 0 Å². The highest BCUT2D eigenvalue weighted by Crippen LogP contribution is 2.31. The Morgan fingerprint density at radius 3 is 2.23 bits per heavy atom. The summed E-state index contributed by atoms with van der Waals surface area (Å²) in [6.07, 6.45) is 0.687. The smallest absolute Gasteiger partial charge is 0.308 e. The van der Waals surface area contributed by atoms with E-state index in [1.54, 1.807) is 54.6 Å². The van der Waals surface area contributed by atoms with Crippen LogP contribution < -0.4 is 10.1 Å². The third-order valence-corrected chi connectivity index (χ3v) is 7.39. The van der Waals surface area contributed by atoms with Gasteiger partial charge < -0.3 is 14.9 Å². The lowest BCUT2D eigenvalue weighted by atomic mass is 10.0. The molecule has 4 aromatic rings. The van der Waals surface area contributed by atoms with Crippen LogP contribution in [0.5, 0.6) is 5.75 Å². The molecule has 1 atom stereocenters. The second kappa shape index (κ2) is 11.7. The van der Waals surface area contributed by atoms with Crippen LogP contribution >= 0.6 is 0 Å². The largest absolute Gasteiger partial charge is 0.426 e. The Bertz CT molecular complexity index is 1730. The number of fused-ring (bicyclic) bond motifs is 1. The number of esters is 1. The van der Waals surface area contributed by atoms with Crippen molar-refractivity contribution in [2.75, 3.05) is 11.9 Å². The zero-order valence-corrected chi connectivity index (χ0v) is 23.3. The van der Waals surface area contributed by atoms with Crippen molar-refractivity contribution in [1.29, 1.82) is 0 Å². The molecule has 0 aromatic heterocycles. The summed E-state index contributed by atoms with van der Waals surface area (Å²) in [6.45, 7) is 1.31. The summed E-state index contributed by atoms with van der Waals surface area (Å²) in [5.74, 6) is -1.74. The van der Waals surface area contributed by atoms with E-state index < -0.39 is 11.9 Å². The SMILES string of the molecule is CC(=O)Oc1c(CCN2C(=O)c3ccccc3C2=O)cccc1C(=O)Nc1ccc(C2=NOC(c3ccccc3)C2)cc1. The van der Waals surface area contributed by atoms with Gasteiger partial charge >= 0.3 is 5.97 Å². The van der Waals surface area contributed by atoms with Crippen LogP contribution in [0, 0.1) is 0 Å². The molecule has 0 radical (unpaired) electrons. The number of amides is 3. The van der Waals surface area contributed by atoms with E-state index in [-0.39, 0.29) is 42.2 Å². The minimum atomic E-state index is -0.597. The van der Waals surface area contributed by atoms with Gasteiger partial charge in [-0.05, 0) is 53.4 Å². The van der Waals surface area contributed by atoms with Crippen molar-refractivity contribution in [1.82, 2.24) is 4.90 Å². The first-order chi connectivity index (χ1) is 20.9. The fraction of sp³-hybridized carbons (Fsp3) is 0.147. The minimum absolute atomic E-state index is 0.0614. The van der Waals surface area contributed by atoms with Crippen LogP contribution in [0.4, 0.5) is 5.69 Å². The van der Waals surface area contributed by atoms with Crippen molar-refractivity contribution >= 4 is 35.1 Å². The molecule has 9 heteroatoms. The molecular weight excluding hydrogens is 546 g/mol. The van der Waals surface area contributed by atoms with E-state index in [4.69, 9.17) is 9.57 Å². The average Bonchev–Trinajstić information content (AvgIpc) is 3.61. The maximum Gasteiger partial charge on any atom is 0.308 e. The third-order valence-electron chi connectivity index (χ3n) is 7.39. The number of carbonyl (C=O) groups excluding carboxylic acids is 4. The zero-order valence-electron chi connectivity index (χ0n) is 23.3. The molecule has 9 nitrogen and oxygen atoms in total. The number of benzene rings is 4. The molecule has 0 bridgehead atoms. The van der Waals surface area contributed by atoms with Gasteiger partial charge in [0.05, 0.1) is 22.4 Å². The monoisotopic (exact) mass is 573 g/mol. The molecule has 1 unspecified atom stereocenters. The zero-order chi connectivity index (χ0) is 29.9. The molecule has 4 aromatic carbocycles. The number of ether oxygens (including phenoxy) is 1. The Morgan fingerprint density at radius 2 is 1.56 bits per heavy atom. The summed E-state index contributed by atoms with van der Waals surface area (Å²) >= 11 is 0. The number of nitrogens with zero attached hydrogens (tertiary/aromatic N) is 2. The predicted molar refractivity (Wildman–Crippen MR) is 159 cm³/mol. The molecule has 214 valence electrons. The molecule has 0 fully saturated rings.